The van der Waals surface area contributed by atoms with Crippen LogP contribution < -0.4 is 30.7 Å². The maximum atomic E-state index is 12.9. The number of aryl methyl sites for hydroxylation is 2. The molecule has 6 rings (SSSR count). The lowest BCUT2D eigenvalue weighted by Gasteiger charge is -2.17. The predicted molar refractivity (Wildman–Crippen MR) is 239 cm³/mol. The molecule has 4 N–H and O–H groups in total. The van der Waals surface area contributed by atoms with E-state index in [0.717, 1.165) is 45.7 Å². The number of aromatic nitrogens is 2. The molecule has 19 heteroatoms. The van der Waals surface area contributed by atoms with Gasteiger partial charge < -0.3 is 44.9 Å². The van der Waals surface area contributed by atoms with Crippen LogP contribution in [0.2, 0.25) is 0 Å². The summed E-state index contributed by atoms with van der Waals surface area (Å²) in [6.07, 6.45) is 13.2. The van der Waals surface area contributed by atoms with E-state index >= 15 is 0 Å². The maximum Gasteiger partial charge on any atom is 0.334 e. The second-order valence-electron chi connectivity index (χ2n) is 14.1. The Bertz CT molecular complexity index is 2300. The van der Waals surface area contributed by atoms with Crippen LogP contribution in [0.4, 0.5) is 17.2 Å². The van der Waals surface area contributed by atoms with Crippen LogP contribution in [0.25, 0.3) is 5.57 Å². The number of anilines is 2. The number of para-hydroxylation sites is 1. The third-order valence-corrected chi connectivity index (χ3v) is 10.9. The molecule has 0 spiro atoms. The zero-order valence-corrected chi connectivity index (χ0v) is 36.8. The zero-order chi connectivity index (χ0) is 46.1. The number of benzene rings is 2. The number of aldehydes is 1. The number of fused-ring (bicyclic) bond motifs is 2. The first-order chi connectivity index (χ1) is 30.3. The van der Waals surface area contributed by atoms with Gasteiger partial charge in [-0.1, -0.05) is 24.3 Å². The summed E-state index contributed by atoms with van der Waals surface area (Å²) in [7, 11) is 4.77. The molecule has 2 aliphatic heterocycles. The van der Waals surface area contributed by atoms with E-state index in [9.17, 15) is 24.0 Å². The molecule has 2 aromatic carbocycles. The first-order valence-electron chi connectivity index (χ1n) is 19.9. The maximum absolute atomic E-state index is 12.9. The van der Waals surface area contributed by atoms with E-state index in [1.165, 1.54) is 32.7 Å². The summed E-state index contributed by atoms with van der Waals surface area (Å²) in [5.41, 5.74) is 9.59. The van der Waals surface area contributed by atoms with Crippen LogP contribution in [-0.4, -0.2) is 102 Å². The number of nitrogens with one attached hydrogen (secondary N) is 2. The number of amides is 5. The monoisotopic (exact) mass is 884 g/mol. The molecule has 2 atom stereocenters. The van der Waals surface area contributed by atoms with Gasteiger partial charge >= 0.3 is 5.97 Å². The van der Waals surface area contributed by atoms with E-state index in [-0.39, 0.29) is 55.5 Å². The Balaban J connectivity index is 0.00000137. The van der Waals surface area contributed by atoms with Gasteiger partial charge in [-0.05, 0) is 67.7 Å². The lowest BCUT2D eigenvalue weighted by molar-refractivity contribution is -0.191. The van der Waals surface area contributed by atoms with E-state index in [0.29, 0.717) is 53.0 Å². The molecular weight excluding hydrogens is 833 g/mol. The Morgan fingerprint density at radius 1 is 1.10 bits per heavy atom. The summed E-state index contributed by atoms with van der Waals surface area (Å²) in [5.74, 6) is 0.628. The molecule has 0 saturated heterocycles. The molecule has 2 unspecified atom stereocenters. The number of hydrogen-bond donors (Lipinski definition) is 3. The molecule has 0 radical (unpaired) electrons. The number of hydrogen-bond acceptors (Lipinski definition) is 13. The van der Waals surface area contributed by atoms with Crippen molar-refractivity contribution in [3.05, 3.63) is 88.3 Å². The number of nitrogens with two attached hydrogens (primary N) is 1. The number of rotatable bonds is 15. The Labute approximate surface area is 369 Å². The van der Waals surface area contributed by atoms with Crippen LogP contribution in [0, 0.1) is 6.92 Å². The van der Waals surface area contributed by atoms with Crippen molar-refractivity contribution in [1.29, 1.82) is 0 Å². The molecule has 1 aliphatic carbocycles. The van der Waals surface area contributed by atoms with Gasteiger partial charge in [-0.25, -0.2) is 9.78 Å². The van der Waals surface area contributed by atoms with Crippen molar-refractivity contribution in [2.24, 2.45) is 17.8 Å². The van der Waals surface area contributed by atoms with E-state index < -0.39 is 11.9 Å². The second kappa shape index (κ2) is 23.8. The molecule has 0 bridgehead atoms. The highest BCUT2D eigenvalue weighted by molar-refractivity contribution is 8.05. The van der Waals surface area contributed by atoms with Crippen LogP contribution in [-0.2, 0) is 51.9 Å². The molecule has 0 saturated carbocycles. The molecule has 3 heterocycles. The Kier molecular flexibility index (Phi) is 18.4. The van der Waals surface area contributed by atoms with Crippen LogP contribution in [0.5, 0.6) is 11.5 Å². The molecule has 3 aromatic rings. The number of nitrogens with zero attached hydrogens (tertiary/aromatic N) is 5. The van der Waals surface area contributed by atoms with Gasteiger partial charge in [-0.3, -0.25) is 29.0 Å². The summed E-state index contributed by atoms with van der Waals surface area (Å²) < 4.78 is 13.5. The number of imidazole rings is 1. The largest absolute Gasteiger partial charge is 0.493 e. The number of methoxy groups -OCH3 is 1. The van der Waals surface area contributed by atoms with Crippen molar-refractivity contribution in [3.8, 4) is 11.5 Å². The van der Waals surface area contributed by atoms with E-state index in [4.69, 9.17) is 28.9 Å². The van der Waals surface area contributed by atoms with Crippen molar-refractivity contribution in [3.63, 3.8) is 0 Å². The Hall–Kier alpha value is -7.02. The minimum Gasteiger partial charge on any atom is -0.493 e. The molecule has 3 aliphatic rings. The minimum atomic E-state index is -0.622. The molecule has 5 amide bonds. The number of ether oxygens (including phenoxy) is 2. The van der Waals surface area contributed by atoms with Gasteiger partial charge in [-0.15, -0.1) is 11.8 Å². The van der Waals surface area contributed by atoms with Crippen molar-refractivity contribution < 1.29 is 47.9 Å². The highest BCUT2D eigenvalue weighted by atomic mass is 32.2. The quantitative estimate of drug-likeness (QED) is 0.0840. The lowest BCUT2D eigenvalue weighted by atomic mass is 9.98. The number of allylic oxidation sites excluding steroid dienone is 4. The topological polar surface area (TPSA) is 234 Å². The van der Waals surface area contributed by atoms with Gasteiger partial charge in [0.1, 0.15) is 12.1 Å². The van der Waals surface area contributed by atoms with Crippen LogP contribution in [0.1, 0.15) is 56.5 Å². The summed E-state index contributed by atoms with van der Waals surface area (Å²) in [4.78, 5) is 94.6. The molecule has 18 nitrogen and oxygen atoms in total. The molecule has 63 heavy (non-hydrogen) atoms. The number of carbonyl (C=O) groups excluding carboxylic acids is 7. The normalized spacial score (nSPS) is 15.7. The smallest absolute Gasteiger partial charge is 0.334 e. The van der Waals surface area contributed by atoms with Gasteiger partial charge in [0.25, 0.3) is 11.8 Å². The van der Waals surface area contributed by atoms with Crippen LogP contribution in [0.15, 0.2) is 76.3 Å². The highest BCUT2D eigenvalue weighted by Crippen LogP contribution is 2.42. The van der Waals surface area contributed by atoms with Crippen LogP contribution in [0.3, 0.4) is 0 Å². The minimum absolute atomic E-state index is 0.0716. The lowest BCUT2D eigenvalue weighted by Crippen LogP contribution is -2.31. The standard InChI is InChI=1S/C41H45N7O8S.C2H4O.CH3NO/c1-25-17-33(54-5)34(21-31(25)43-22-30-19-27-9-6-7-10-32(27)48(30)24-49)55-16-8-11-38(51)44-37-23-46(3)40(45-37)28-12-13-35-29(18-28)20-36(57-35)41(53)42-15-14-39(52)56-47(4)26(2)50;1-2-3;2-1-3/h6-7,9-10,12,17-18,20-24,30,35H,8,11,13-16,19H2,1-5H3,(H,42,53)(H,44,51);2H,1H3;1H,(H2,2,3). The van der Waals surface area contributed by atoms with Crippen molar-refractivity contribution in [1.82, 2.24) is 19.9 Å². The number of thioether (sulfide) groups is 1. The third kappa shape index (κ3) is 13.5. The first kappa shape index (κ1) is 48.6. The van der Waals surface area contributed by atoms with Gasteiger partial charge in [0.15, 0.2) is 17.3 Å². The van der Waals surface area contributed by atoms with Gasteiger partial charge in [0.05, 0.1) is 36.8 Å². The fraction of sp³-hybridized carbons (Fsp3) is 0.341. The summed E-state index contributed by atoms with van der Waals surface area (Å²) in [6.45, 7) is 4.99. The second-order valence-corrected chi connectivity index (χ2v) is 15.3. The summed E-state index contributed by atoms with van der Waals surface area (Å²) in [6, 6.07) is 11.3. The summed E-state index contributed by atoms with van der Waals surface area (Å²) >= 11 is 1.46. The molecule has 334 valence electrons. The Morgan fingerprint density at radius 3 is 2.52 bits per heavy atom. The number of primary amides is 1. The van der Waals surface area contributed by atoms with E-state index in [2.05, 4.69) is 27.4 Å². The molecule has 0 fully saturated rings. The fourth-order valence-corrected chi connectivity index (χ4v) is 7.69. The van der Waals surface area contributed by atoms with Crippen molar-refractivity contribution >= 4 is 83.5 Å². The average molecular weight is 885 g/mol. The van der Waals surface area contributed by atoms with Crippen molar-refractivity contribution in [2.75, 3.05) is 37.5 Å². The number of carbonyl (C=O) groups is 7. The SMILES string of the molecule is CC=O.COc1cc(C)c(N=CC2Cc3ccccc3N2C=O)cc1OCCCC(=O)Nc1cn(C)c(C2=CCC3SC(C(=O)NCCC(=O)ON(C)C(C)=O)=CC3=C2)n1.NC=O. The van der Waals surface area contributed by atoms with Gasteiger partial charge in [-0.2, -0.15) is 5.06 Å². The van der Waals surface area contributed by atoms with Crippen LogP contribution >= 0.6 is 11.8 Å². The van der Waals surface area contributed by atoms with Crippen molar-refractivity contribution in [2.45, 2.75) is 64.2 Å². The van der Waals surface area contributed by atoms with E-state index in [1.54, 1.807) is 30.5 Å². The number of aliphatic imine (C=N–C) groups is 1. The predicted octanol–water partition coefficient (Wildman–Crippen LogP) is 4.29. The van der Waals surface area contributed by atoms with E-state index in [1.807, 2.05) is 61.0 Å². The molecular formula is C44H52N8O10S. The number of hydroxylamine groups is 2. The van der Waals surface area contributed by atoms with Gasteiger partial charge in [0.2, 0.25) is 18.7 Å². The summed E-state index contributed by atoms with van der Waals surface area (Å²) in [5, 5.41) is 6.54. The fourth-order valence-electron chi connectivity index (χ4n) is 6.53. The molecule has 1 aromatic heterocycles. The average Bonchev–Trinajstić information content (AvgIpc) is 3.96. The zero-order valence-electron chi connectivity index (χ0n) is 36.0. The highest BCUT2D eigenvalue weighted by Gasteiger charge is 2.30. The third-order valence-electron chi connectivity index (χ3n) is 9.58. The van der Waals surface area contributed by atoms with Gasteiger partial charge in [0, 0.05) is 75.4 Å². The first-order valence-corrected chi connectivity index (χ1v) is 20.7. The Morgan fingerprint density at radius 2 is 1.83 bits per heavy atom.